The predicted molar refractivity (Wildman–Crippen MR) is 120 cm³/mol. The van der Waals surface area contributed by atoms with Gasteiger partial charge in [-0.3, -0.25) is 4.79 Å². The van der Waals surface area contributed by atoms with Crippen molar-refractivity contribution in [2.24, 2.45) is 0 Å². The van der Waals surface area contributed by atoms with Gasteiger partial charge >= 0.3 is 0 Å². The van der Waals surface area contributed by atoms with E-state index in [9.17, 15) is 4.79 Å². The van der Waals surface area contributed by atoms with Crippen LogP contribution >= 0.6 is 34.5 Å². The van der Waals surface area contributed by atoms with Gasteiger partial charge in [-0.15, -0.1) is 0 Å². The average Bonchev–Trinajstić information content (AvgIpc) is 3.09. The number of nitrogens with one attached hydrogen (secondary N) is 1. The Balaban J connectivity index is 1.29. The molecule has 4 rings (SSSR count). The number of hydrogen-bond acceptors (Lipinski definition) is 4. The first-order chi connectivity index (χ1) is 14.0. The van der Waals surface area contributed by atoms with E-state index in [1.165, 1.54) is 11.1 Å². The van der Waals surface area contributed by atoms with Crippen LogP contribution in [-0.2, 0) is 13.1 Å². The van der Waals surface area contributed by atoms with E-state index in [1.54, 1.807) is 18.2 Å². The summed E-state index contributed by atoms with van der Waals surface area (Å²) in [6.45, 7) is 1.82. The summed E-state index contributed by atoms with van der Waals surface area (Å²) in [5, 5.41) is 12.5. The van der Waals surface area contributed by atoms with Crippen molar-refractivity contribution >= 4 is 40.4 Å². The van der Waals surface area contributed by atoms with Crippen molar-refractivity contribution in [3.05, 3.63) is 63.7 Å². The standard InChI is InChI=1S/C22H21ClIN3O2/c23-21-10-20(6-3-15(21)11-25)29-19-7-4-18(5-8-19)26-22(28)14-1-2-16-12-27(24)13-17(16)9-14/h1-3,6,9-10,18-19H,4-5,7-8,12-13H2,(H,26,28)/t18-,19-. The van der Waals surface area contributed by atoms with Crippen LogP contribution in [0.25, 0.3) is 0 Å². The highest BCUT2D eigenvalue weighted by Crippen LogP contribution is 2.28. The van der Waals surface area contributed by atoms with Gasteiger partial charge in [-0.25, -0.2) is 3.11 Å². The molecule has 1 saturated carbocycles. The van der Waals surface area contributed by atoms with Gasteiger partial charge in [-0.2, -0.15) is 5.26 Å². The summed E-state index contributed by atoms with van der Waals surface area (Å²) in [4.78, 5) is 12.7. The number of ether oxygens (including phenoxy) is 1. The predicted octanol–water partition coefficient (Wildman–Crippen LogP) is 5.00. The lowest BCUT2D eigenvalue weighted by molar-refractivity contribution is 0.0894. The summed E-state index contributed by atoms with van der Waals surface area (Å²) in [6, 6.07) is 13.4. The van der Waals surface area contributed by atoms with Crippen LogP contribution < -0.4 is 10.1 Å². The van der Waals surface area contributed by atoms with Crippen LogP contribution in [-0.4, -0.2) is 21.2 Å². The van der Waals surface area contributed by atoms with Crippen molar-refractivity contribution in [3.63, 3.8) is 0 Å². The van der Waals surface area contributed by atoms with E-state index in [0.717, 1.165) is 44.3 Å². The second-order valence-corrected chi connectivity index (χ2v) is 9.35. The van der Waals surface area contributed by atoms with Crippen molar-refractivity contribution in [1.29, 1.82) is 5.26 Å². The monoisotopic (exact) mass is 521 g/mol. The Bertz CT molecular complexity index is 967. The van der Waals surface area contributed by atoms with Gasteiger partial charge < -0.3 is 10.1 Å². The minimum atomic E-state index is 0.00273. The lowest BCUT2D eigenvalue weighted by Crippen LogP contribution is -2.39. The molecular weight excluding hydrogens is 501 g/mol. The van der Waals surface area contributed by atoms with Crippen LogP contribution in [0.5, 0.6) is 5.75 Å². The molecule has 1 aliphatic carbocycles. The zero-order chi connectivity index (χ0) is 20.4. The van der Waals surface area contributed by atoms with Crippen molar-refractivity contribution in [1.82, 2.24) is 8.43 Å². The van der Waals surface area contributed by atoms with Crippen molar-refractivity contribution < 1.29 is 9.53 Å². The molecule has 7 heteroatoms. The zero-order valence-electron chi connectivity index (χ0n) is 15.8. The largest absolute Gasteiger partial charge is 0.490 e. The van der Waals surface area contributed by atoms with Gasteiger partial charge in [-0.1, -0.05) is 17.7 Å². The van der Waals surface area contributed by atoms with Crippen molar-refractivity contribution in [2.45, 2.75) is 50.9 Å². The number of nitrogens with zero attached hydrogens (tertiary/aromatic N) is 2. The highest BCUT2D eigenvalue weighted by molar-refractivity contribution is 14.1. The highest BCUT2D eigenvalue weighted by atomic mass is 127. The van der Waals surface area contributed by atoms with Crippen LogP contribution in [0, 0.1) is 11.3 Å². The van der Waals surface area contributed by atoms with E-state index >= 15 is 0 Å². The molecule has 1 fully saturated rings. The summed E-state index contributed by atoms with van der Waals surface area (Å²) in [5.41, 5.74) is 3.73. The number of nitriles is 1. The van der Waals surface area contributed by atoms with E-state index < -0.39 is 0 Å². The molecule has 2 aromatic rings. The second-order valence-electron chi connectivity index (χ2n) is 7.58. The molecule has 29 heavy (non-hydrogen) atoms. The van der Waals surface area contributed by atoms with Crippen molar-refractivity contribution in [3.8, 4) is 11.8 Å². The lowest BCUT2D eigenvalue weighted by atomic mass is 9.92. The molecule has 5 nitrogen and oxygen atoms in total. The smallest absolute Gasteiger partial charge is 0.251 e. The van der Waals surface area contributed by atoms with Crippen LogP contribution in [0.4, 0.5) is 0 Å². The molecule has 1 N–H and O–H groups in total. The topological polar surface area (TPSA) is 65.4 Å². The number of halogens is 2. The maximum atomic E-state index is 12.7. The molecule has 0 aromatic heterocycles. The molecular formula is C22H21ClIN3O2. The molecule has 2 aromatic carbocycles. The van der Waals surface area contributed by atoms with E-state index in [1.807, 2.05) is 18.2 Å². The Morgan fingerprint density at radius 1 is 1.14 bits per heavy atom. The molecule has 0 spiro atoms. The first-order valence-corrected chi connectivity index (χ1v) is 11.1. The Labute approximate surface area is 189 Å². The first-order valence-electron chi connectivity index (χ1n) is 9.71. The van der Waals surface area contributed by atoms with Gasteiger partial charge in [-0.05, 0) is 61.1 Å². The van der Waals surface area contributed by atoms with Crippen LogP contribution in [0.3, 0.4) is 0 Å². The normalized spacial score (nSPS) is 21.3. The van der Waals surface area contributed by atoms with Gasteiger partial charge in [0.1, 0.15) is 11.8 Å². The molecule has 0 bridgehead atoms. The fourth-order valence-corrected chi connectivity index (χ4v) is 4.89. The molecule has 1 amide bonds. The summed E-state index contributed by atoms with van der Waals surface area (Å²) in [7, 11) is 0. The molecule has 0 unspecified atom stereocenters. The van der Waals surface area contributed by atoms with Gasteiger partial charge in [0.2, 0.25) is 0 Å². The number of rotatable bonds is 4. The third kappa shape index (κ3) is 4.85. The first kappa shape index (κ1) is 20.5. The number of benzene rings is 2. The van der Waals surface area contributed by atoms with E-state index in [2.05, 4.69) is 37.4 Å². The number of hydrogen-bond donors (Lipinski definition) is 1. The Kier molecular flexibility index (Phi) is 6.28. The Morgan fingerprint density at radius 3 is 2.62 bits per heavy atom. The minimum Gasteiger partial charge on any atom is -0.490 e. The fraction of sp³-hybridized carbons (Fsp3) is 0.364. The minimum absolute atomic E-state index is 0.00273. The average molecular weight is 522 g/mol. The maximum absolute atomic E-state index is 12.7. The molecule has 2 aliphatic rings. The fourth-order valence-electron chi connectivity index (χ4n) is 3.94. The quantitative estimate of drug-likeness (QED) is 0.454. The summed E-state index contributed by atoms with van der Waals surface area (Å²) in [5.74, 6) is 0.687. The Morgan fingerprint density at radius 2 is 1.90 bits per heavy atom. The zero-order valence-corrected chi connectivity index (χ0v) is 18.7. The van der Waals surface area contributed by atoms with E-state index in [-0.39, 0.29) is 18.1 Å². The number of fused-ring (bicyclic) bond motifs is 1. The number of amides is 1. The summed E-state index contributed by atoms with van der Waals surface area (Å²) >= 11 is 8.39. The van der Waals surface area contributed by atoms with Crippen LogP contribution in [0.1, 0.15) is 52.7 Å². The molecule has 1 aliphatic heterocycles. The number of carbonyl (C=O) groups excluding carboxylic acids is 1. The Hall–Kier alpha value is -1.82. The molecule has 1 heterocycles. The van der Waals surface area contributed by atoms with E-state index in [4.69, 9.17) is 21.6 Å². The summed E-state index contributed by atoms with van der Waals surface area (Å²) in [6.07, 6.45) is 3.61. The van der Waals surface area contributed by atoms with Gasteiger partial charge in [0.05, 0.1) is 16.7 Å². The summed E-state index contributed by atoms with van der Waals surface area (Å²) < 4.78 is 8.24. The maximum Gasteiger partial charge on any atom is 0.251 e. The number of carbonyl (C=O) groups is 1. The van der Waals surface area contributed by atoms with Gasteiger partial charge in [0.15, 0.2) is 0 Å². The second kappa shape index (κ2) is 8.90. The van der Waals surface area contributed by atoms with E-state index in [0.29, 0.717) is 16.3 Å². The van der Waals surface area contributed by atoms with Gasteiger partial charge in [0, 0.05) is 53.6 Å². The van der Waals surface area contributed by atoms with Gasteiger partial charge in [0.25, 0.3) is 5.91 Å². The highest BCUT2D eigenvalue weighted by Gasteiger charge is 2.25. The third-order valence-corrected chi connectivity index (χ3v) is 6.52. The van der Waals surface area contributed by atoms with Crippen LogP contribution in [0.2, 0.25) is 5.02 Å². The third-order valence-electron chi connectivity index (χ3n) is 5.53. The molecule has 0 saturated heterocycles. The molecule has 0 radical (unpaired) electrons. The SMILES string of the molecule is N#Cc1ccc(O[C@H]2CC[C@H](NC(=O)c3ccc4c(c3)CN(I)C4)CC2)cc1Cl. The molecule has 0 atom stereocenters. The lowest BCUT2D eigenvalue weighted by Gasteiger charge is -2.29. The molecule has 150 valence electrons. The van der Waals surface area contributed by atoms with Crippen LogP contribution in [0.15, 0.2) is 36.4 Å². The van der Waals surface area contributed by atoms with Crippen molar-refractivity contribution in [2.75, 3.05) is 0 Å².